The first-order valence-electron chi connectivity index (χ1n) is 7.72. The van der Waals surface area contributed by atoms with Crippen LogP contribution in [0.2, 0.25) is 5.02 Å². The Morgan fingerprint density at radius 3 is 2.69 bits per heavy atom. The Balaban J connectivity index is 1.90. The normalized spacial score (nSPS) is 12.1. The molecular weight excluding hydrogens is 358 g/mol. The topological polar surface area (TPSA) is 121 Å². The number of benzene rings is 1. The van der Waals surface area contributed by atoms with E-state index < -0.39 is 23.7 Å². The maximum atomic E-state index is 12.5. The molecule has 0 atom stereocenters. The monoisotopic (exact) mass is 369 g/mol. The summed E-state index contributed by atoms with van der Waals surface area (Å²) in [4.78, 5) is 37.1. The van der Waals surface area contributed by atoms with E-state index in [-0.39, 0.29) is 16.1 Å². The third-order valence-corrected chi connectivity index (χ3v) is 4.43. The lowest BCUT2D eigenvalue weighted by molar-refractivity contribution is -0.116. The fourth-order valence-corrected chi connectivity index (χ4v) is 3.14. The summed E-state index contributed by atoms with van der Waals surface area (Å²) < 4.78 is 2.12. The number of amides is 1. The fourth-order valence-electron chi connectivity index (χ4n) is 2.92. The minimum atomic E-state index is -0.765. The van der Waals surface area contributed by atoms with Crippen molar-refractivity contribution in [1.82, 2.24) is 9.13 Å². The lowest BCUT2D eigenvalue weighted by Crippen LogP contribution is -2.44. The predicted octanol–water partition coefficient (Wildman–Crippen LogP) is 0.992. The van der Waals surface area contributed by atoms with Crippen molar-refractivity contribution in [2.24, 2.45) is 0 Å². The Bertz CT molecular complexity index is 1120. The number of nitrogens with one attached hydrogen (secondary N) is 1. The number of carbonyl (C=O) groups excluding carboxylic acids is 1. The van der Waals surface area contributed by atoms with Crippen molar-refractivity contribution in [1.29, 1.82) is 10.5 Å². The van der Waals surface area contributed by atoms with E-state index in [0.717, 1.165) is 4.57 Å². The number of carbonyl (C=O) groups is 1. The van der Waals surface area contributed by atoms with E-state index in [1.54, 1.807) is 0 Å². The van der Waals surface area contributed by atoms with E-state index in [9.17, 15) is 19.6 Å². The molecule has 0 fully saturated rings. The number of rotatable bonds is 3. The lowest BCUT2D eigenvalue weighted by Gasteiger charge is -2.11. The van der Waals surface area contributed by atoms with Crippen LogP contribution in [0.1, 0.15) is 23.2 Å². The van der Waals surface area contributed by atoms with Crippen LogP contribution in [0.4, 0.5) is 5.69 Å². The fraction of sp³-hybridized carbons (Fsp3) is 0.235. The Kier molecular flexibility index (Phi) is 4.61. The van der Waals surface area contributed by atoms with E-state index in [0.29, 0.717) is 30.8 Å². The minimum absolute atomic E-state index is 0.101. The first kappa shape index (κ1) is 17.5. The Morgan fingerprint density at radius 1 is 1.27 bits per heavy atom. The molecule has 0 spiro atoms. The Hall–Kier alpha value is -3.36. The third-order valence-electron chi connectivity index (χ3n) is 4.12. The molecule has 1 N–H and O–H groups in total. The molecule has 1 aliphatic heterocycles. The van der Waals surface area contributed by atoms with Gasteiger partial charge in [0.25, 0.3) is 5.56 Å². The molecule has 0 radical (unpaired) electrons. The van der Waals surface area contributed by atoms with Gasteiger partial charge in [0.1, 0.15) is 24.2 Å². The number of hydrogen-bond acceptors (Lipinski definition) is 5. The molecule has 0 saturated heterocycles. The summed E-state index contributed by atoms with van der Waals surface area (Å²) in [5, 5.41) is 20.8. The van der Waals surface area contributed by atoms with E-state index in [1.165, 1.54) is 22.8 Å². The van der Waals surface area contributed by atoms with Gasteiger partial charge in [-0.1, -0.05) is 11.6 Å². The molecule has 26 heavy (non-hydrogen) atoms. The number of aromatic nitrogens is 2. The highest BCUT2D eigenvalue weighted by Crippen LogP contribution is 2.20. The van der Waals surface area contributed by atoms with Gasteiger partial charge in [-0.15, -0.1) is 0 Å². The maximum absolute atomic E-state index is 12.5. The van der Waals surface area contributed by atoms with Gasteiger partial charge in [-0.2, -0.15) is 10.5 Å². The Morgan fingerprint density at radius 2 is 2.04 bits per heavy atom. The lowest BCUT2D eigenvalue weighted by atomic mass is 10.2. The van der Waals surface area contributed by atoms with Gasteiger partial charge in [-0.05, 0) is 31.0 Å². The van der Waals surface area contributed by atoms with Crippen molar-refractivity contribution in [3.8, 4) is 12.1 Å². The second kappa shape index (κ2) is 6.87. The number of nitrogens with zero attached hydrogens (tertiary/aromatic N) is 4. The van der Waals surface area contributed by atoms with Crippen LogP contribution in [-0.4, -0.2) is 15.0 Å². The van der Waals surface area contributed by atoms with Crippen LogP contribution in [0.15, 0.2) is 27.8 Å². The molecule has 1 aliphatic rings. The average molecular weight is 370 g/mol. The second-order valence-corrected chi connectivity index (χ2v) is 6.12. The number of hydrogen-bond donors (Lipinski definition) is 1. The van der Waals surface area contributed by atoms with Crippen LogP contribution in [0.25, 0.3) is 0 Å². The Labute approximate surface area is 152 Å². The quantitative estimate of drug-likeness (QED) is 0.864. The van der Waals surface area contributed by atoms with Crippen molar-refractivity contribution >= 4 is 23.2 Å². The van der Waals surface area contributed by atoms with E-state index >= 15 is 0 Å². The first-order valence-corrected chi connectivity index (χ1v) is 8.10. The van der Waals surface area contributed by atoms with Gasteiger partial charge in [0, 0.05) is 17.9 Å². The molecule has 0 saturated carbocycles. The summed E-state index contributed by atoms with van der Waals surface area (Å²) in [5.74, 6) is -0.618. The first-order chi connectivity index (χ1) is 12.5. The van der Waals surface area contributed by atoms with Crippen LogP contribution in [0.5, 0.6) is 0 Å². The number of halogens is 1. The molecule has 130 valence electrons. The van der Waals surface area contributed by atoms with Crippen LogP contribution < -0.4 is 16.6 Å². The standard InChI is InChI=1S/C17H12ClN5O3/c18-13-6-11(4-3-10(13)7-19)21-15(24)9-23-16(25)12(8-20)14-2-1-5-22(14)17(23)26/h3-4,6H,1-2,5,9H2,(H,21,24). The summed E-state index contributed by atoms with van der Waals surface area (Å²) in [5.41, 5.74) is -0.451. The predicted molar refractivity (Wildman–Crippen MR) is 92.8 cm³/mol. The summed E-state index contributed by atoms with van der Waals surface area (Å²) in [6.45, 7) is -0.111. The zero-order valence-electron chi connectivity index (χ0n) is 13.5. The molecule has 1 aromatic carbocycles. The van der Waals surface area contributed by atoms with Crippen LogP contribution in [0, 0.1) is 22.7 Å². The van der Waals surface area contributed by atoms with Crippen LogP contribution >= 0.6 is 11.6 Å². The van der Waals surface area contributed by atoms with E-state index in [4.69, 9.17) is 16.9 Å². The molecule has 2 aromatic rings. The van der Waals surface area contributed by atoms with Crippen LogP contribution in [-0.2, 0) is 24.3 Å². The molecule has 0 aliphatic carbocycles. The highest BCUT2D eigenvalue weighted by molar-refractivity contribution is 6.32. The van der Waals surface area contributed by atoms with Crippen molar-refractivity contribution in [3.05, 3.63) is 60.9 Å². The molecule has 9 heteroatoms. The molecule has 1 amide bonds. The number of nitriles is 2. The highest BCUT2D eigenvalue weighted by atomic mass is 35.5. The van der Waals surface area contributed by atoms with Gasteiger partial charge in [-0.25, -0.2) is 9.36 Å². The summed E-state index contributed by atoms with van der Waals surface area (Å²) >= 11 is 5.91. The molecule has 0 bridgehead atoms. The minimum Gasteiger partial charge on any atom is -0.324 e. The van der Waals surface area contributed by atoms with Gasteiger partial charge in [0.15, 0.2) is 0 Å². The largest absolute Gasteiger partial charge is 0.331 e. The average Bonchev–Trinajstić information content (AvgIpc) is 3.09. The molecule has 8 nitrogen and oxygen atoms in total. The second-order valence-electron chi connectivity index (χ2n) is 5.72. The number of anilines is 1. The maximum Gasteiger partial charge on any atom is 0.331 e. The smallest absolute Gasteiger partial charge is 0.324 e. The zero-order valence-corrected chi connectivity index (χ0v) is 14.2. The summed E-state index contributed by atoms with van der Waals surface area (Å²) in [6, 6.07) is 8.07. The zero-order chi connectivity index (χ0) is 18.8. The molecule has 2 heterocycles. The third kappa shape index (κ3) is 2.99. The molecule has 3 rings (SSSR count). The van der Waals surface area contributed by atoms with Crippen molar-refractivity contribution in [2.45, 2.75) is 25.9 Å². The van der Waals surface area contributed by atoms with Crippen molar-refractivity contribution in [2.75, 3.05) is 5.32 Å². The van der Waals surface area contributed by atoms with Crippen molar-refractivity contribution < 1.29 is 4.79 Å². The van der Waals surface area contributed by atoms with E-state index in [1.807, 2.05) is 12.1 Å². The van der Waals surface area contributed by atoms with Gasteiger partial charge in [0.05, 0.1) is 10.6 Å². The summed E-state index contributed by atoms with van der Waals surface area (Å²) in [6.07, 6.45) is 1.16. The van der Waals surface area contributed by atoms with Gasteiger partial charge < -0.3 is 5.32 Å². The van der Waals surface area contributed by atoms with Crippen LogP contribution in [0.3, 0.4) is 0 Å². The number of fused-ring (bicyclic) bond motifs is 1. The summed E-state index contributed by atoms with van der Waals surface area (Å²) in [7, 11) is 0. The molecule has 1 aromatic heterocycles. The van der Waals surface area contributed by atoms with E-state index in [2.05, 4.69) is 5.32 Å². The van der Waals surface area contributed by atoms with Gasteiger partial charge >= 0.3 is 5.69 Å². The SMILES string of the molecule is N#Cc1ccc(NC(=O)Cn2c(=O)c(C#N)c3n(c2=O)CCC3)cc1Cl. The van der Waals surface area contributed by atoms with Crippen molar-refractivity contribution in [3.63, 3.8) is 0 Å². The molecular formula is C17H12ClN5O3. The van der Waals surface area contributed by atoms with Gasteiger partial charge in [0.2, 0.25) is 5.91 Å². The molecule has 0 unspecified atom stereocenters. The highest BCUT2D eigenvalue weighted by Gasteiger charge is 2.23. The van der Waals surface area contributed by atoms with Gasteiger partial charge in [-0.3, -0.25) is 14.2 Å².